The van der Waals surface area contributed by atoms with Gasteiger partial charge in [0.25, 0.3) is 0 Å². The third-order valence-corrected chi connectivity index (χ3v) is 17.5. The molecule has 0 N–H and O–H groups in total. The third-order valence-electron chi connectivity index (χ3n) is 7.53. The minimum atomic E-state index is -2.47. The fourth-order valence-corrected chi connectivity index (χ4v) is 20.2. The maximum atomic E-state index is 8.21. The number of hydrogen-bond donors (Lipinski definition) is 0. The number of benzene rings is 3. The molecule has 0 atom stereocenters. The van der Waals surface area contributed by atoms with E-state index in [4.69, 9.17) is 7.57 Å². The fourth-order valence-electron chi connectivity index (χ4n) is 7.12. The molecular weight excluding hydrogens is 477 g/mol. The summed E-state index contributed by atoms with van der Waals surface area (Å²) >= 11 is -1.68. The Morgan fingerprint density at radius 3 is 1.32 bits per heavy atom. The van der Waals surface area contributed by atoms with Gasteiger partial charge >= 0.3 is 21.7 Å². The third kappa shape index (κ3) is 6.20. The molecule has 37 heavy (non-hydrogen) atoms. The van der Waals surface area contributed by atoms with Crippen LogP contribution in [0.15, 0.2) is 58.8 Å². The summed E-state index contributed by atoms with van der Waals surface area (Å²) in [6.07, 6.45) is 2.51. The zero-order valence-corrected chi connectivity index (χ0v) is 27.4. The molecule has 0 amide bonds. The van der Waals surface area contributed by atoms with Gasteiger partial charge in [0.1, 0.15) is 0 Å². The summed E-state index contributed by atoms with van der Waals surface area (Å²) in [6.45, 7) is 28.2. The molecule has 0 aliphatic heterocycles. The zero-order valence-electron chi connectivity index (χ0n) is 25.4. The van der Waals surface area contributed by atoms with Crippen molar-refractivity contribution in [2.24, 2.45) is 0 Å². The van der Waals surface area contributed by atoms with E-state index < -0.39 is 21.3 Å². The molecule has 0 nitrogen and oxygen atoms in total. The monoisotopic (exact) mass is 523 g/mol. The molecule has 0 saturated carbocycles. The standard InChI is InChI=1S/C26H28BP.2C4H9.Al/c1-18-14-20(3)25(21(4)15-18)28(27,13-12-24-10-8-7-9-11-24)26-22(5)16-19(2)17-23(26)6;2*1-4(2)3;/h7-12,14-17H,1-6H3;2*1-3H3;/q+1;;;. The van der Waals surface area contributed by atoms with Crippen molar-refractivity contribution < 1.29 is 0 Å². The minimum absolute atomic E-state index is 0.155. The molecule has 3 rings (SSSR count). The Balaban J connectivity index is 2.63. The van der Waals surface area contributed by atoms with Gasteiger partial charge in [-0.25, -0.2) is 0 Å². The summed E-state index contributed by atoms with van der Waals surface area (Å²) in [7, 11) is 5.74. The van der Waals surface area contributed by atoms with Crippen LogP contribution in [-0.2, 0) is 0 Å². The first-order valence-corrected chi connectivity index (χ1v) is 17.2. The highest BCUT2D eigenvalue weighted by Crippen LogP contribution is 2.67. The van der Waals surface area contributed by atoms with Gasteiger partial charge in [0.15, 0.2) is 0 Å². The van der Waals surface area contributed by atoms with Crippen LogP contribution >= 0.6 is 7.14 Å². The van der Waals surface area contributed by atoms with Crippen molar-refractivity contribution in [3.63, 3.8) is 0 Å². The quantitative estimate of drug-likeness (QED) is 0.231. The Hall–Kier alpha value is -1.57. The zero-order chi connectivity index (χ0) is 27.9. The first-order chi connectivity index (χ1) is 17.0. The van der Waals surface area contributed by atoms with Gasteiger partial charge in [0.2, 0.25) is 0 Å². The van der Waals surface area contributed by atoms with Crippen molar-refractivity contribution in [2.75, 3.05) is 0 Å². The number of hydrogen-bond acceptors (Lipinski definition) is 0. The molecule has 0 aliphatic carbocycles. The highest BCUT2D eigenvalue weighted by Gasteiger charge is 2.57. The van der Waals surface area contributed by atoms with Crippen LogP contribution in [0.3, 0.4) is 0 Å². The van der Waals surface area contributed by atoms with Crippen molar-refractivity contribution in [3.05, 3.63) is 97.7 Å². The summed E-state index contributed by atoms with van der Waals surface area (Å²) in [5.41, 5.74) is 9.14. The van der Waals surface area contributed by atoms with E-state index in [9.17, 15) is 0 Å². The van der Waals surface area contributed by atoms with Gasteiger partial charge in [-0.1, -0.05) is 116 Å². The molecule has 0 fully saturated rings. The lowest BCUT2D eigenvalue weighted by atomic mass is 10.1. The second kappa shape index (κ2) is 10.9. The molecule has 0 aliphatic rings. The van der Waals surface area contributed by atoms with Crippen LogP contribution in [0, 0.1) is 41.5 Å². The van der Waals surface area contributed by atoms with Crippen molar-refractivity contribution >= 4 is 45.5 Å². The second-order valence-corrected chi connectivity index (χ2v) is 21.7. The highest BCUT2D eigenvalue weighted by atomic mass is 31.2. The van der Waals surface area contributed by atoms with Gasteiger partial charge < -0.3 is 0 Å². The maximum Gasteiger partial charge on any atom is 0.381 e. The number of rotatable bonds is 5. The fraction of sp³-hybridized carbons (Fsp3) is 0.412. The first kappa shape index (κ1) is 30.0. The first-order valence-electron chi connectivity index (χ1n) is 13.6. The van der Waals surface area contributed by atoms with Crippen molar-refractivity contribution in [3.8, 4) is 0 Å². The lowest BCUT2D eigenvalue weighted by Gasteiger charge is -2.42. The predicted molar refractivity (Wildman–Crippen MR) is 173 cm³/mol. The van der Waals surface area contributed by atoms with E-state index in [1.54, 1.807) is 0 Å². The van der Waals surface area contributed by atoms with Crippen molar-refractivity contribution in [1.29, 1.82) is 0 Å². The molecule has 3 heteroatoms. The van der Waals surface area contributed by atoms with E-state index in [-0.39, 0.29) is 8.55 Å². The molecule has 0 unspecified atom stereocenters. The molecule has 3 aromatic rings. The largest absolute Gasteiger partial charge is 0.381 e. The second-order valence-electron chi connectivity index (χ2n) is 13.4. The molecule has 0 spiro atoms. The van der Waals surface area contributed by atoms with Gasteiger partial charge in [0, 0.05) is 7.14 Å². The summed E-state index contributed by atoms with van der Waals surface area (Å²) in [5.74, 6) is 0. The van der Waals surface area contributed by atoms with E-state index in [1.165, 1.54) is 53.7 Å². The average Bonchev–Trinajstić information content (AvgIpc) is 2.70. The van der Waals surface area contributed by atoms with Gasteiger partial charge in [-0.3, -0.25) is 0 Å². The van der Waals surface area contributed by atoms with Crippen LogP contribution < -0.4 is 10.6 Å². The molecule has 0 saturated heterocycles. The summed E-state index contributed by atoms with van der Waals surface area (Å²) in [4.78, 5) is 0. The smallest absolute Gasteiger partial charge is 0.0716 e. The predicted octanol–water partition coefficient (Wildman–Crippen LogP) is 9.26. The summed E-state index contributed by atoms with van der Waals surface area (Å²) in [5, 5.41) is 2.75. The van der Waals surface area contributed by atoms with E-state index in [2.05, 4.69) is 144 Å². The van der Waals surface area contributed by atoms with Crippen LogP contribution in [-0.4, -0.2) is 21.7 Å². The molecule has 0 heterocycles. The topological polar surface area (TPSA) is 0 Å². The Kier molecular flexibility index (Phi) is 8.82. The lowest BCUT2D eigenvalue weighted by Crippen LogP contribution is -2.43. The van der Waals surface area contributed by atoms with E-state index in [0.29, 0.717) is 0 Å². The Morgan fingerprint density at radius 1 is 0.649 bits per heavy atom. The van der Waals surface area contributed by atoms with E-state index in [0.717, 1.165) is 0 Å². The molecule has 2 radical (unpaired) electrons. The molecule has 0 aromatic heterocycles. The molecule has 3 aromatic carbocycles. The highest BCUT2D eigenvalue weighted by molar-refractivity contribution is 8.13. The van der Waals surface area contributed by atoms with Crippen LogP contribution in [0.2, 0.25) is 8.55 Å². The molecule has 0 bridgehead atoms. The van der Waals surface area contributed by atoms with Gasteiger partial charge in [-0.2, -0.15) is 0 Å². The molecular formula is C34H46AlBP+. The Morgan fingerprint density at radius 2 is 1.00 bits per heavy atom. The maximum absolute atomic E-state index is 8.21. The van der Waals surface area contributed by atoms with Crippen LogP contribution in [0.25, 0.3) is 6.08 Å². The van der Waals surface area contributed by atoms with Gasteiger partial charge in [0.05, 0.1) is 10.6 Å². The Labute approximate surface area is 234 Å². The van der Waals surface area contributed by atoms with Crippen LogP contribution in [0.5, 0.6) is 0 Å². The van der Waals surface area contributed by atoms with Crippen LogP contribution in [0.1, 0.15) is 80.5 Å². The minimum Gasteiger partial charge on any atom is -0.0716 e. The average molecular weight is 524 g/mol. The SMILES string of the molecule is [B][P+](/[C](=C/c1ccccc1)[Al]([C](C)(C)C)[C](C)(C)C)(c1c(C)cc(C)cc1C)c1c(C)cc(C)cc1C. The van der Waals surface area contributed by atoms with Gasteiger partial charge in [-0.15, -0.1) is 0 Å². The number of aryl methyl sites for hydroxylation is 6. The molecule has 192 valence electrons. The van der Waals surface area contributed by atoms with Crippen molar-refractivity contribution in [2.45, 2.75) is 91.6 Å². The summed E-state index contributed by atoms with van der Waals surface area (Å²) < 4.78 is 1.84. The van der Waals surface area contributed by atoms with E-state index in [1.807, 2.05) is 0 Å². The van der Waals surface area contributed by atoms with Crippen LogP contribution in [0.4, 0.5) is 0 Å². The van der Waals surface area contributed by atoms with Gasteiger partial charge in [-0.05, 0) is 79.6 Å². The summed E-state index contributed by atoms with van der Waals surface area (Å²) in [6, 6.07) is 20.2. The Bertz CT molecular complexity index is 1190. The van der Waals surface area contributed by atoms with Crippen molar-refractivity contribution in [1.82, 2.24) is 0 Å². The van der Waals surface area contributed by atoms with E-state index >= 15 is 0 Å². The lowest BCUT2D eigenvalue weighted by molar-refractivity contribution is 0.651. The normalized spacial score (nSPS) is 13.1.